The molecule has 2 N–H and O–H groups in total. The van der Waals surface area contributed by atoms with Gasteiger partial charge in [0.15, 0.2) is 11.5 Å². The van der Waals surface area contributed by atoms with Crippen LogP contribution in [0.25, 0.3) is 11.6 Å². The van der Waals surface area contributed by atoms with Crippen molar-refractivity contribution >= 4 is 46.4 Å². The summed E-state index contributed by atoms with van der Waals surface area (Å²) in [6.45, 7) is 5.44. The van der Waals surface area contributed by atoms with Crippen molar-refractivity contribution in [3.63, 3.8) is 0 Å². The van der Waals surface area contributed by atoms with E-state index in [1.54, 1.807) is 31.6 Å². The lowest BCUT2D eigenvalue weighted by Gasteiger charge is -2.34. The van der Waals surface area contributed by atoms with E-state index < -0.39 is 5.54 Å². The van der Waals surface area contributed by atoms with Crippen molar-refractivity contribution in [1.29, 1.82) is 5.26 Å². The number of ether oxygens (including phenoxy) is 3. The van der Waals surface area contributed by atoms with Gasteiger partial charge in [-0.1, -0.05) is 13.8 Å². The molecule has 7 nitrogen and oxygen atoms in total. The van der Waals surface area contributed by atoms with Gasteiger partial charge < -0.3 is 24.8 Å². The number of piperidine rings is 1. The van der Waals surface area contributed by atoms with E-state index in [2.05, 4.69) is 17.0 Å². The number of nitrogens with two attached hydrogens (primary N) is 1. The summed E-state index contributed by atoms with van der Waals surface area (Å²) in [5.41, 5.74) is 6.61. The zero-order valence-electron chi connectivity index (χ0n) is 20.7. The average molecular weight is 520 g/mol. The first-order valence-corrected chi connectivity index (χ1v) is 12.4. The van der Waals surface area contributed by atoms with Crippen LogP contribution in [0.4, 0.5) is 5.00 Å². The maximum absolute atomic E-state index is 12.5. The molecule has 190 valence electrons. The van der Waals surface area contributed by atoms with Gasteiger partial charge in [0, 0.05) is 30.8 Å². The number of thiophene rings is 1. The first-order valence-electron chi connectivity index (χ1n) is 11.6. The normalized spacial score (nSPS) is 14.6. The van der Waals surface area contributed by atoms with Gasteiger partial charge in [0.05, 0.1) is 30.9 Å². The summed E-state index contributed by atoms with van der Waals surface area (Å²) >= 11 is 1.64. The molecule has 1 fully saturated rings. The summed E-state index contributed by atoms with van der Waals surface area (Å²) in [5.74, 6) is 0.914. The van der Waals surface area contributed by atoms with Crippen LogP contribution in [0.2, 0.25) is 0 Å². The fourth-order valence-corrected chi connectivity index (χ4v) is 4.92. The average Bonchev–Trinajstić information content (AvgIpc) is 3.35. The molecule has 0 bridgehead atoms. The lowest BCUT2D eigenvalue weighted by atomic mass is 9.94. The Labute approximate surface area is 217 Å². The van der Waals surface area contributed by atoms with Gasteiger partial charge in [0.25, 0.3) is 0 Å². The smallest absolute Gasteiger partial charge is 0.326 e. The van der Waals surface area contributed by atoms with Crippen molar-refractivity contribution in [2.24, 2.45) is 5.73 Å². The number of halogens is 1. The van der Waals surface area contributed by atoms with Crippen LogP contribution in [0.1, 0.15) is 50.0 Å². The molecule has 35 heavy (non-hydrogen) atoms. The van der Waals surface area contributed by atoms with E-state index >= 15 is 0 Å². The van der Waals surface area contributed by atoms with E-state index in [0.29, 0.717) is 29.9 Å². The van der Waals surface area contributed by atoms with Gasteiger partial charge in [0.2, 0.25) is 0 Å². The first-order chi connectivity index (χ1) is 16.4. The Morgan fingerprint density at radius 3 is 2.40 bits per heavy atom. The number of allylic oxidation sites excluding steroid dienone is 1. The minimum absolute atomic E-state index is 0. The largest absolute Gasteiger partial charge is 0.493 e. The van der Waals surface area contributed by atoms with Crippen molar-refractivity contribution in [1.82, 2.24) is 0 Å². The van der Waals surface area contributed by atoms with E-state index in [1.165, 1.54) is 0 Å². The maximum Gasteiger partial charge on any atom is 0.326 e. The summed E-state index contributed by atoms with van der Waals surface area (Å²) in [7, 11) is 3.16. The zero-order valence-corrected chi connectivity index (χ0v) is 22.3. The Kier molecular flexibility index (Phi) is 10.4. The quantitative estimate of drug-likeness (QED) is 0.355. The Bertz CT molecular complexity index is 1070. The molecule has 0 amide bonds. The van der Waals surface area contributed by atoms with E-state index in [0.717, 1.165) is 41.4 Å². The highest BCUT2D eigenvalue weighted by atomic mass is 35.5. The maximum atomic E-state index is 12.5. The van der Waals surface area contributed by atoms with Crippen LogP contribution in [0.5, 0.6) is 11.5 Å². The number of methoxy groups -OCH3 is 2. The first kappa shape index (κ1) is 28.5. The molecule has 2 aromatic rings. The summed E-state index contributed by atoms with van der Waals surface area (Å²) in [5, 5.41) is 10.9. The lowest BCUT2D eigenvalue weighted by molar-refractivity contribution is -0.157. The van der Waals surface area contributed by atoms with Gasteiger partial charge in [-0.2, -0.15) is 5.26 Å². The molecule has 1 aliphatic rings. The van der Waals surface area contributed by atoms with Crippen molar-refractivity contribution in [3.8, 4) is 17.6 Å². The fourth-order valence-electron chi connectivity index (χ4n) is 3.92. The number of rotatable bonds is 9. The van der Waals surface area contributed by atoms with Crippen molar-refractivity contribution < 1.29 is 19.0 Å². The monoisotopic (exact) mass is 519 g/mol. The molecule has 0 radical (unpaired) electrons. The van der Waals surface area contributed by atoms with Crippen LogP contribution in [0.3, 0.4) is 0 Å². The molecule has 0 saturated carbocycles. The van der Waals surface area contributed by atoms with Crippen molar-refractivity contribution in [3.05, 3.63) is 40.8 Å². The topological polar surface area (TPSA) is 97.8 Å². The zero-order chi connectivity index (χ0) is 24.7. The SMILES string of the molecule is CCC(N)(CC)C(=O)OC1CCN(c2ccc(/C=C(\C#N)c3ccc(OC)c(OC)c3)s2)CC1.Cl. The lowest BCUT2D eigenvalue weighted by Crippen LogP contribution is -2.50. The predicted molar refractivity (Wildman–Crippen MR) is 143 cm³/mol. The predicted octanol–water partition coefficient (Wildman–Crippen LogP) is 5.28. The molecular formula is C26H34ClN3O4S. The second kappa shape index (κ2) is 12.8. The minimum atomic E-state index is -0.890. The van der Waals surface area contributed by atoms with Crippen LogP contribution in [-0.2, 0) is 9.53 Å². The number of nitrogens with zero attached hydrogens (tertiary/aromatic N) is 2. The molecule has 1 aromatic heterocycles. The van der Waals surface area contributed by atoms with E-state index in [1.807, 2.05) is 38.1 Å². The number of esters is 1. The minimum Gasteiger partial charge on any atom is -0.493 e. The third-order valence-electron chi connectivity index (χ3n) is 6.41. The van der Waals surface area contributed by atoms with E-state index in [9.17, 15) is 10.1 Å². The molecule has 0 atom stereocenters. The number of benzene rings is 1. The molecular weight excluding hydrogens is 486 g/mol. The molecule has 1 aromatic carbocycles. The standard InChI is InChI=1S/C26H33N3O4S.ClH/c1-5-26(28,6-2)25(30)33-20-11-13-29(14-12-20)24-10-8-21(34-24)15-19(17-27)18-7-9-22(31-3)23(16-18)32-4;/h7-10,15-16,20H,5-6,11-14,28H2,1-4H3;1H/b19-15+;. The molecule has 2 heterocycles. The second-order valence-electron chi connectivity index (χ2n) is 8.37. The van der Waals surface area contributed by atoms with Gasteiger partial charge >= 0.3 is 5.97 Å². The number of nitriles is 1. The Hall–Kier alpha value is -2.73. The van der Waals surface area contributed by atoms with Crippen molar-refractivity contribution in [2.45, 2.75) is 51.2 Å². The number of anilines is 1. The highest BCUT2D eigenvalue weighted by Gasteiger charge is 2.34. The van der Waals surface area contributed by atoms with Gasteiger partial charge in [-0.05, 0) is 54.8 Å². The van der Waals surface area contributed by atoms with E-state index in [4.69, 9.17) is 19.9 Å². The van der Waals surface area contributed by atoms with Crippen LogP contribution in [0.15, 0.2) is 30.3 Å². The molecule has 0 unspecified atom stereocenters. The summed E-state index contributed by atoms with van der Waals surface area (Å²) in [6.07, 6.45) is 4.47. The highest BCUT2D eigenvalue weighted by Crippen LogP contribution is 2.34. The van der Waals surface area contributed by atoms with Crippen LogP contribution < -0.4 is 20.1 Å². The van der Waals surface area contributed by atoms with Crippen LogP contribution in [0, 0.1) is 11.3 Å². The van der Waals surface area contributed by atoms with Gasteiger partial charge in [-0.25, -0.2) is 0 Å². The number of hydrogen-bond donors (Lipinski definition) is 1. The summed E-state index contributed by atoms with van der Waals surface area (Å²) in [6, 6.07) is 11.8. The number of carbonyl (C=O) groups excluding carboxylic acids is 1. The summed E-state index contributed by atoms with van der Waals surface area (Å²) < 4.78 is 16.4. The molecule has 9 heteroatoms. The van der Waals surface area contributed by atoms with E-state index in [-0.39, 0.29) is 24.5 Å². The number of carbonyl (C=O) groups is 1. The molecule has 0 aliphatic carbocycles. The highest BCUT2D eigenvalue weighted by molar-refractivity contribution is 7.17. The Morgan fingerprint density at radius 1 is 1.17 bits per heavy atom. The number of hydrogen-bond acceptors (Lipinski definition) is 8. The van der Waals surface area contributed by atoms with Gasteiger partial charge in [-0.3, -0.25) is 4.79 Å². The second-order valence-corrected chi connectivity index (χ2v) is 9.46. The Balaban J connectivity index is 0.00000432. The molecule has 3 rings (SSSR count). The summed E-state index contributed by atoms with van der Waals surface area (Å²) in [4.78, 5) is 15.8. The molecule has 1 aliphatic heterocycles. The Morgan fingerprint density at radius 2 is 1.83 bits per heavy atom. The molecule has 1 saturated heterocycles. The van der Waals surface area contributed by atoms with Crippen molar-refractivity contribution in [2.75, 3.05) is 32.2 Å². The molecule has 0 spiro atoms. The van der Waals surface area contributed by atoms with Crippen LogP contribution in [-0.4, -0.2) is 44.9 Å². The third kappa shape index (κ3) is 6.69. The van der Waals surface area contributed by atoms with Gasteiger partial charge in [0.1, 0.15) is 11.6 Å². The van der Waals surface area contributed by atoms with Crippen LogP contribution >= 0.6 is 23.7 Å². The third-order valence-corrected chi connectivity index (χ3v) is 7.50. The van der Waals surface area contributed by atoms with Gasteiger partial charge in [-0.15, -0.1) is 23.7 Å². The fraction of sp³-hybridized carbons (Fsp3) is 0.462.